The van der Waals surface area contributed by atoms with Gasteiger partial charge in [-0.1, -0.05) is 25.6 Å². The first-order valence-electron chi connectivity index (χ1n) is 7.35. The van der Waals surface area contributed by atoms with Gasteiger partial charge in [-0.05, 0) is 65.7 Å². The normalized spacial score (nSPS) is 22.6. The molecule has 2 N–H and O–H groups in total. The Kier molecular flexibility index (Phi) is 5.44. The summed E-state index contributed by atoms with van der Waals surface area (Å²) in [4.78, 5) is 2.85. The molecule has 0 spiro atoms. The van der Waals surface area contributed by atoms with Crippen LogP contribution in [0.2, 0.25) is 0 Å². The van der Waals surface area contributed by atoms with Gasteiger partial charge in [0.2, 0.25) is 0 Å². The van der Waals surface area contributed by atoms with Crippen molar-refractivity contribution in [1.82, 2.24) is 0 Å². The molecule has 0 amide bonds. The summed E-state index contributed by atoms with van der Waals surface area (Å²) in [5.41, 5.74) is 7.82. The molecule has 0 aromatic heterocycles. The summed E-state index contributed by atoms with van der Waals surface area (Å²) in [6.45, 7) is 2.31. The van der Waals surface area contributed by atoms with Crippen molar-refractivity contribution in [3.8, 4) is 0 Å². The Labute approximate surface area is 135 Å². The van der Waals surface area contributed by atoms with E-state index in [2.05, 4.69) is 40.9 Å². The summed E-state index contributed by atoms with van der Waals surface area (Å²) in [6, 6.07) is 6.79. The molecule has 0 atom stereocenters. The largest absolute Gasteiger partial charge is 0.389 e. The minimum Gasteiger partial charge on any atom is -0.389 e. The highest BCUT2D eigenvalue weighted by Gasteiger charge is 2.24. The van der Waals surface area contributed by atoms with Gasteiger partial charge >= 0.3 is 0 Å². The van der Waals surface area contributed by atoms with Gasteiger partial charge in [-0.25, -0.2) is 0 Å². The third kappa shape index (κ3) is 3.53. The van der Waals surface area contributed by atoms with Crippen molar-refractivity contribution in [1.29, 1.82) is 0 Å². The maximum Gasteiger partial charge on any atom is 0.104 e. The van der Waals surface area contributed by atoms with Crippen LogP contribution in [0.4, 0.5) is 5.69 Å². The molecule has 1 saturated carbocycles. The van der Waals surface area contributed by atoms with E-state index in [0.717, 1.165) is 16.0 Å². The lowest BCUT2D eigenvalue weighted by molar-refractivity contribution is 0.313. The van der Waals surface area contributed by atoms with E-state index in [1.54, 1.807) is 0 Å². The average molecular weight is 355 g/mol. The number of hydrogen-bond acceptors (Lipinski definition) is 2. The summed E-state index contributed by atoms with van der Waals surface area (Å²) in [6.07, 6.45) is 6.61. The molecule has 2 nitrogen and oxygen atoms in total. The maximum absolute atomic E-state index is 5.68. The molecule has 0 bridgehead atoms. The Morgan fingerprint density at radius 3 is 2.50 bits per heavy atom. The van der Waals surface area contributed by atoms with Crippen LogP contribution in [0, 0.1) is 5.92 Å². The number of thiocarbonyl (C=S) groups is 1. The molecule has 0 saturated heterocycles. The SMILES string of the molecule is CCC1CCC(N(C)c2ccc(C(N)=S)cc2Br)CC1. The molecule has 4 heteroatoms. The number of nitrogens with zero attached hydrogens (tertiary/aromatic N) is 1. The predicted octanol–water partition coefficient (Wildman–Crippen LogP) is 4.49. The number of halogens is 1. The summed E-state index contributed by atoms with van der Waals surface area (Å²) in [5.74, 6) is 0.931. The molecule has 1 aromatic carbocycles. The highest BCUT2D eigenvalue weighted by atomic mass is 79.9. The van der Waals surface area contributed by atoms with Gasteiger partial charge in [0.05, 0.1) is 5.69 Å². The molecule has 1 aliphatic rings. The van der Waals surface area contributed by atoms with Gasteiger partial charge in [-0.15, -0.1) is 0 Å². The van der Waals surface area contributed by atoms with Gasteiger partial charge < -0.3 is 10.6 Å². The van der Waals surface area contributed by atoms with Gasteiger partial charge in [0.15, 0.2) is 0 Å². The maximum atomic E-state index is 5.68. The highest BCUT2D eigenvalue weighted by molar-refractivity contribution is 9.10. The van der Waals surface area contributed by atoms with Crippen molar-refractivity contribution >= 4 is 38.8 Å². The fraction of sp³-hybridized carbons (Fsp3) is 0.562. The molecule has 0 unspecified atom stereocenters. The summed E-state index contributed by atoms with van der Waals surface area (Å²) in [7, 11) is 2.19. The molecule has 0 radical (unpaired) electrons. The zero-order valence-corrected chi connectivity index (χ0v) is 14.6. The second kappa shape index (κ2) is 6.90. The first-order valence-corrected chi connectivity index (χ1v) is 8.55. The molecule has 1 aromatic rings. The average Bonchev–Trinajstić information content (AvgIpc) is 2.46. The standard InChI is InChI=1S/C16H23BrN2S/c1-3-11-4-7-13(8-5-11)19(2)15-9-6-12(16(18)20)10-14(15)17/h6,9-11,13H,3-5,7-8H2,1-2H3,(H2,18,20). The van der Waals surface area contributed by atoms with Gasteiger partial charge in [0.25, 0.3) is 0 Å². The van der Waals surface area contributed by atoms with Crippen molar-refractivity contribution in [2.45, 2.75) is 45.1 Å². The van der Waals surface area contributed by atoms with E-state index < -0.39 is 0 Å². The first kappa shape index (κ1) is 15.8. The van der Waals surface area contributed by atoms with Crippen LogP contribution in [0.25, 0.3) is 0 Å². The Balaban J connectivity index is 2.09. The molecule has 20 heavy (non-hydrogen) atoms. The zero-order chi connectivity index (χ0) is 14.7. The second-order valence-electron chi connectivity index (χ2n) is 5.72. The van der Waals surface area contributed by atoms with Crippen LogP contribution in [0.1, 0.15) is 44.6 Å². The Hall–Kier alpha value is -0.610. The minimum absolute atomic E-state index is 0.448. The highest BCUT2D eigenvalue weighted by Crippen LogP contribution is 2.34. The molecule has 0 heterocycles. The molecule has 0 aliphatic heterocycles. The van der Waals surface area contributed by atoms with Crippen molar-refractivity contribution < 1.29 is 0 Å². The van der Waals surface area contributed by atoms with E-state index in [1.165, 1.54) is 37.8 Å². The smallest absolute Gasteiger partial charge is 0.104 e. The van der Waals surface area contributed by atoms with Gasteiger partial charge in [0.1, 0.15) is 4.99 Å². The van der Waals surface area contributed by atoms with Crippen LogP contribution in [0.3, 0.4) is 0 Å². The van der Waals surface area contributed by atoms with Crippen LogP contribution < -0.4 is 10.6 Å². The number of benzene rings is 1. The third-order valence-corrected chi connectivity index (χ3v) is 5.42. The Bertz CT molecular complexity index is 481. The van der Waals surface area contributed by atoms with E-state index in [-0.39, 0.29) is 0 Å². The summed E-state index contributed by atoms with van der Waals surface area (Å²) >= 11 is 8.68. The predicted molar refractivity (Wildman–Crippen MR) is 94.5 cm³/mol. The second-order valence-corrected chi connectivity index (χ2v) is 7.02. The molecule has 2 rings (SSSR count). The van der Waals surface area contributed by atoms with Gasteiger partial charge in [-0.3, -0.25) is 0 Å². The Morgan fingerprint density at radius 1 is 1.35 bits per heavy atom. The topological polar surface area (TPSA) is 29.3 Å². The fourth-order valence-electron chi connectivity index (χ4n) is 3.08. The van der Waals surface area contributed by atoms with Crippen molar-refractivity contribution in [2.24, 2.45) is 11.7 Å². The number of hydrogen-bond donors (Lipinski definition) is 1. The minimum atomic E-state index is 0.448. The van der Waals surface area contributed by atoms with Gasteiger partial charge in [-0.2, -0.15) is 0 Å². The van der Waals surface area contributed by atoms with Crippen LogP contribution >= 0.6 is 28.1 Å². The van der Waals surface area contributed by atoms with E-state index in [1.807, 2.05) is 12.1 Å². The molecule has 1 fully saturated rings. The van der Waals surface area contributed by atoms with Crippen LogP contribution in [-0.4, -0.2) is 18.1 Å². The number of nitrogens with two attached hydrogens (primary N) is 1. The molecule has 1 aliphatic carbocycles. The fourth-order valence-corrected chi connectivity index (χ4v) is 3.87. The third-order valence-electron chi connectivity index (χ3n) is 4.55. The number of rotatable bonds is 4. The molecular weight excluding hydrogens is 332 g/mol. The Morgan fingerprint density at radius 2 is 2.00 bits per heavy atom. The first-order chi connectivity index (χ1) is 9.52. The number of anilines is 1. The lowest BCUT2D eigenvalue weighted by Crippen LogP contribution is -2.35. The lowest BCUT2D eigenvalue weighted by atomic mass is 9.84. The lowest BCUT2D eigenvalue weighted by Gasteiger charge is -2.36. The summed E-state index contributed by atoms with van der Waals surface area (Å²) in [5, 5.41) is 0. The van der Waals surface area contributed by atoms with Gasteiger partial charge in [0, 0.05) is 23.1 Å². The van der Waals surface area contributed by atoms with Crippen molar-refractivity contribution in [2.75, 3.05) is 11.9 Å². The van der Waals surface area contributed by atoms with E-state index in [9.17, 15) is 0 Å². The van der Waals surface area contributed by atoms with E-state index in [0.29, 0.717) is 11.0 Å². The summed E-state index contributed by atoms with van der Waals surface area (Å²) < 4.78 is 1.07. The van der Waals surface area contributed by atoms with Crippen LogP contribution in [0.5, 0.6) is 0 Å². The van der Waals surface area contributed by atoms with Crippen molar-refractivity contribution in [3.63, 3.8) is 0 Å². The van der Waals surface area contributed by atoms with E-state index >= 15 is 0 Å². The molecule has 110 valence electrons. The van der Waals surface area contributed by atoms with Crippen molar-refractivity contribution in [3.05, 3.63) is 28.2 Å². The molecular formula is C16H23BrN2S. The van der Waals surface area contributed by atoms with Crippen LogP contribution in [-0.2, 0) is 0 Å². The monoisotopic (exact) mass is 354 g/mol. The zero-order valence-electron chi connectivity index (χ0n) is 12.2. The van der Waals surface area contributed by atoms with Crippen LogP contribution in [0.15, 0.2) is 22.7 Å². The van der Waals surface area contributed by atoms with E-state index in [4.69, 9.17) is 18.0 Å². The quantitative estimate of drug-likeness (QED) is 0.807.